The van der Waals surface area contributed by atoms with E-state index in [9.17, 15) is 9.59 Å². The summed E-state index contributed by atoms with van der Waals surface area (Å²) in [6.45, 7) is 6.20. The highest BCUT2D eigenvalue weighted by Gasteiger charge is 2.35. The number of nitrogens with one attached hydrogen (secondary N) is 1. The highest BCUT2D eigenvalue weighted by atomic mass is 16.2. The van der Waals surface area contributed by atoms with Crippen molar-refractivity contribution in [1.29, 1.82) is 0 Å². The van der Waals surface area contributed by atoms with Crippen LogP contribution in [0.5, 0.6) is 0 Å². The highest BCUT2D eigenvalue weighted by Crippen LogP contribution is 2.29. The van der Waals surface area contributed by atoms with Crippen molar-refractivity contribution in [2.45, 2.75) is 58.4 Å². The fraction of sp³-hybridized carbons (Fsp3) is 0.875. The molecule has 1 aliphatic carbocycles. The minimum absolute atomic E-state index is 0.0615. The van der Waals surface area contributed by atoms with Gasteiger partial charge >= 0.3 is 0 Å². The molecule has 0 aromatic rings. The molecule has 3 N–H and O–H groups in total. The fourth-order valence-corrected chi connectivity index (χ4v) is 3.39. The van der Waals surface area contributed by atoms with Crippen molar-refractivity contribution >= 4 is 11.8 Å². The molecule has 2 rings (SSSR count). The lowest BCUT2D eigenvalue weighted by atomic mass is 9.90. The van der Waals surface area contributed by atoms with E-state index in [0.29, 0.717) is 13.0 Å². The third-order valence-corrected chi connectivity index (χ3v) is 5.00. The molecular weight excluding hydrogens is 266 g/mol. The molecule has 2 fully saturated rings. The summed E-state index contributed by atoms with van der Waals surface area (Å²) in [4.78, 5) is 26.2. The Bertz CT molecular complexity index is 393. The molecule has 0 radical (unpaired) electrons. The number of amides is 2. The Morgan fingerprint density at radius 1 is 1.38 bits per heavy atom. The number of carbonyl (C=O) groups is 2. The fourth-order valence-electron chi connectivity index (χ4n) is 3.39. The van der Waals surface area contributed by atoms with Gasteiger partial charge in [-0.15, -0.1) is 0 Å². The van der Waals surface area contributed by atoms with E-state index >= 15 is 0 Å². The van der Waals surface area contributed by atoms with E-state index in [-0.39, 0.29) is 29.2 Å². The maximum absolute atomic E-state index is 12.3. The molecule has 2 unspecified atom stereocenters. The molecule has 1 aliphatic heterocycles. The van der Waals surface area contributed by atoms with E-state index in [4.69, 9.17) is 5.73 Å². The first-order valence-corrected chi connectivity index (χ1v) is 8.22. The Balaban J connectivity index is 1.76. The number of hydrogen-bond donors (Lipinski definition) is 2. The summed E-state index contributed by atoms with van der Waals surface area (Å²) < 4.78 is 0. The molecule has 0 aromatic carbocycles. The van der Waals surface area contributed by atoms with Gasteiger partial charge in [0, 0.05) is 31.5 Å². The second-order valence-electron chi connectivity index (χ2n) is 7.18. The SMILES string of the molecule is CC(CC(=O)N1CCC(C)(CN)C1)NC(=O)C1CCCC1. The van der Waals surface area contributed by atoms with Gasteiger partial charge in [-0.25, -0.2) is 0 Å². The normalized spacial score (nSPS) is 27.9. The maximum Gasteiger partial charge on any atom is 0.224 e. The minimum atomic E-state index is -0.0877. The molecule has 1 saturated carbocycles. The van der Waals surface area contributed by atoms with E-state index in [1.54, 1.807) is 0 Å². The predicted octanol–water partition coefficient (Wildman–Crippen LogP) is 1.27. The minimum Gasteiger partial charge on any atom is -0.353 e. The van der Waals surface area contributed by atoms with E-state index in [0.717, 1.165) is 45.2 Å². The lowest BCUT2D eigenvalue weighted by Gasteiger charge is -2.24. The van der Waals surface area contributed by atoms with Gasteiger partial charge < -0.3 is 16.0 Å². The summed E-state index contributed by atoms with van der Waals surface area (Å²) in [7, 11) is 0. The van der Waals surface area contributed by atoms with Crippen molar-refractivity contribution in [2.24, 2.45) is 17.1 Å². The Kier molecular flexibility index (Phi) is 5.25. The molecule has 2 atom stereocenters. The number of nitrogens with two attached hydrogens (primary N) is 1. The lowest BCUT2D eigenvalue weighted by Crippen LogP contribution is -2.41. The monoisotopic (exact) mass is 295 g/mol. The van der Waals surface area contributed by atoms with Gasteiger partial charge in [-0.3, -0.25) is 9.59 Å². The van der Waals surface area contributed by atoms with Crippen LogP contribution in [-0.4, -0.2) is 42.4 Å². The number of hydrogen-bond acceptors (Lipinski definition) is 3. The Morgan fingerprint density at radius 2 is 2.05 bits per heavy atom. The van der Waals surface area contributed by atoms with Crippen molar-refractivity contribution in [1.82, 2.24) is 10.2 Å². The number of carbonyl (C=O) groups excluding carboxylic acids is 2. The molecule has 5 nitrogen and oxygen atoms in total. The molecule has 2 aliphatic rings. The van der Waals surface area contributed by atoms with Crippen LogP contribution in [-0.2, 0) is 9.59 Å². The second-order valence-corrected chi connectivity index (χ2v) is 7.18. The van der Waals surface area contributed by atoms with Crippen LogP contribution < -0.4 is 11.1 Å². The molecule has 1 heterocycles. The topological polar surface area (TPSA) is 75.4 Å². The zero-order valence-electron chi connectivity index (χ0n) is 13.4. The molecule has 0 aromatic heterocycles. The van der Waals surface area contributed by atoms with Gasteiger partial charge in [-0.05, 0) is 38.1 Å². The van der Waals surface area contributed by atoms with E-state index in [1.807, 2.05) is 11.8 Å². The van der Waals surface area contributed by atoms with Crippen LogP contribution in [0, 0.1) is 11.3 Å². The number of rotatable bonds is 5. The average molecular weight is 295 g/mol. The van der Waals surface area contributed by atoms with Crippen molar-refractivity contribution in [2.75, 3.05) is 19.6 Å². The molecule has 120 valence electrons. The average Bonchev–Trinajstić information content (AvgIpc) is 3.08. The van der Waals surface area contributed by atoms with E-state index in [1.165, 1.54) is 0 Å². The molecule has 5 heteroatoms. The lowest BCUT2D eigenvalue weighted by molar-refractivity contribution is -0.131. The molecule has 2 amide bonds. The van der Waals surface area contributed by atoms with Crippen molar-refractivity contribution in [3.8, 4) is 0 Å². The van der Waals surface area contributed by atoms with Gasteiger partial charge in [0.05, 0.1) is 0 Å². The molecular formula is C16H29N3O2. The second kappa shape index (κ2) is 6.77. The van der Waals surface area contributed by atoms with Gasteiger partial charge in [0.25, 0.3) is 0 Å². The first-order valence-electron chi connectivity index (χ1n) is 8.22. The van der Waals surface area contributed by atoms with E-state index in [2.05, 4.69) is 12.2 Å². The van der Waals surface area contributed by atoms with Crippen LogP contribution in [0.3, 0.4) is 0 Å². The number of nitrogens with zero attached hydrogens (tertiary/aromatic N) is 1. The van der Waals surface area contributed by atoms with Crippen LogP contribution in [0.1, 0.15) is 52.4 Å². The summed E-state index contributed by atoms with van der Waals surface area (Å²) in [5.74, 6) is 0.419. The Hall–Kier alpha value is -1.10. The van der Waals surface area contributed by atoms with Gasteiger partial charge in [0.15, 0.2) is 0 Å². The van der Waals surface area contributed by atoms with Crippen LogP contribution in [0.25, 0.3) is 0 Å². The summed E-state index contributed by atoms with van der Waals surface area (Å²) in [5.41, 5.74) is 5.83. The largest absolute Gasteiger partial charge is 0.353 e. The molecule has 1 saturated heterocycles. The summed E-state index contributed by atoms with van der Waals surface area (Å²) in [6, 6.07) is -0.0877. The first-order chi connectivity index (χ1) is 9.93. The molecule has 0 spiro atoms. The van der Waals surface area contributed by atoms with Crippen molar-refractivity contribution in [3.63, 3.8) is 0 Å². The van der Waals surface area contributed by atoms with Crippen LogP contribution >= 0.6 is 0 Å². The quantitative estimate of drug-likeness (QED) is 0.802. The number of likely N-dealkylation sites (tertiary alicyclic amines) is 1. The third-order valence-electron chi connectivity index (χ3n) is 5.00. The van der Waals surface area contributed by atoms with E-state index < -0.39 is 0 Å². The van der Waals surface area contributed by atoms with Crippen LogP contribution in [0.2, 0.25) is 0 Å². The maximum atomic E-state index is 12.3. The zero-order valence-corrected chi connectivity index (χ0v) is 13.4. The third kappa shape index (κ3) is 4.19. The Labute approximate surface area is 127 Å². The highest BCUT2D eigenvalue weighted by molar-refractivity contribution is 5.81. The van der Waals surface area contributed by atoms with Crippen LogP contribution in [0.15, 0.2) is 0 Å². The Morgan fingerprint density at radius 3 is 2.62 bits per heavy atom. The van der Waals surface area contributed by atoms with Crippen LogP contribution in [0.4, 0.5) is 0 Å². The predicted molar refractivity (Wildman–Crippen MR) is 82.5 cm³/mol. The van der Waals surface area contributed by atoms with Crippen molar-refractivity contribution < 1.29 is 9.59 Å². The van der Waals surface area contributed by atoms with Crippen molar-refractivity contribution in [3.05, 3.63) is 0 Å². The van der Waals surface area contributed by atoms with Gasteiger partial charge in [-0.1, -0.05) is 19.8 Å². The smallest absolute Gasteiger partial charge is 0.224 e. The standard InChI is InChI=1S/C16H29N3O2/c1-12(18-15(21)13-5-3-4-6-13)9-14(20)19-8-7-16(2,10-17)11-19/h12-13H,3-11,17H2,1-2H3,(H,18,21). The van der Waals surface area contributed by atoms with Gasteiger partial charge in [0.1, 0.15) is 0 Å². The van der Waals surface area contributed by atoms with Gasteiger partial charge in [-0.2, -0.15) is 0 Å². The first kappa shape index (κ1) is 16.3. The summed E-state index contributed by atoms with van der Waals surface area (Å²) in [5, 5.41) is 3.00. The zero-order chi connectivity index (χ0) is 15.5. The summed E-state index contributed by atoms with van der Waals surface area (Å²) >= 11 is 0. The molecule has 0 bridgehead atoms. The van der Waals surface area contributed by atoms with Gasteiger partial charge in [0.2, 0.25) is 11.8 Å². The summed E-state index contributed by atoms with van der Waals surface area (Å²) in [6.07, 6.45) is 5.64. The molecule has 21 heavy (non-hydrogen) atoms.